The molecule has 0 saturated heterocycles. The van der Waals surface area contributed by atoms with Crippen LogP contribution in [0, 0.1) is 0 Å². The summed E-state index contributed by atoms with van der Waals surface area (Å²) in [5.74, 6) is -0.211. The Hall–Kier alpha value is -3.24. The van der Waals surface area contributed by atoms with Crippen molar-refractivity contribution in [2.24, 2.45) is 0 Å². The van der Waals surface area contributed by atoms with Gasteiger partial charge in [0.05, 0.1) is 23.4 Å². The third-order valence-electron chi connectivity index (χ3n) is 4.68. The Morgan fingerprint density at radius 1 is 1.00 bits per heavy atom. The van der Waals surface area contributed by atoms with Gasteiger partial charge in [0.15, 0.2) is 0 Å². The van der Waals surface area contributed by atoms with Crippen molar-refractivity contribution < 1.29 is 9.90 Å². The maximum absolute atomic E-state index is 12.8. The number of nitrogens with one attached hydrogen (secondary N) is 1. The Morgan fingerprint density at radius 3 is 2.52 bits per heavy atom. The zero-order valence-corrected chi connectivity index (χ0v) is 15.0. The van der Waals surface area contributed by atoms with Gasteiger partial charge >= 0.3 is 0 Å². The molecule has 0 bridgehead atoms. The highest BCUT2D eigenvalue weighted by Gasteiger charge is 2.16. The molecular formula is C23H20N2O2. The summed E-state index contributed by atoms with van der Waals surface area (Å²) in [7, 11) is 0. The van der Waals surface area contributed by atoms with E-state index in [2.05, 4.69) is 23.5 Å². The minimum atomic E-state index is -0.314. The van der Waals surface area contributed by atoms with Gasteiger partial charge in [-0.3, -0.25) is 4.79 Å². The number of para-hydroxylation sites is 1. The molecule has 0 aliphatic rings. The molecule has 1 aromatic heterocycles. The van der Waals surface area contributed by atoms with Crippen molar-refractivity contribution in [2.45, 2.75) is 13.0 Å². The summed E-state index contributed by atoms with van der Waals surface area (Å²) in [6.07, 6.45) is 0. The van der Waals surface area contributed by atoms with E-state index in [9.17, 15) is 9.90 Å². The molecule has 0 aliphatic carbocycles. The molecule has 4 aromatic rings. The lowest BCUT2D eigenvalue weighted by Gasteiger charge is -2.14. The fraction of sp³-hybridized carbons (Fsp3) is 0.130. The maximum Gasteiger partial charge on any atom is 0.252 e. The molecule has 1 unspecified atom stereocenters. The SMILES string of the molecule is CC(CO)NC(=O)c1cc(-c2cccc3ccccc23)nc2ccccc12. The number of carbonyl (C=O) groups is 1. The van der Waals surface area contributed by atoms with E-state index in [4.69, 9.17) is 4.98 Å². The Morgan fingerprint density at radius 2 is 1.70 bits per heavy atom. The van der Waals surface area contributed by atoms with E-state index in [1.54, 1.807) is 6.92 Å². The van der Waals surface area contributed by atoms with Crippen LogP contribution in [0.25, 0.3) is 32.9 Å². The van der Waals surface area contributed by atoms with Crippen LogP contribution in [0.3, 0.4) is 0 Å². The molecule has 4 rings (SSSR count). The number of hydrogen-bond donors (Lipinski definition) is 2. The summed E-state index contributed by atoms with van der Waals surface area (Å²) in [6, 6.07) is 23.4. The topological polar surface area (TPSA) is 62.2 Å². The third kappa shape index (κ3) is 3.27. The van der Waals surface area contributed by atoms with Crippen LogP contribution in [0.2, 0.25) is 0 Å². The number of fused-ring (bicyclic) bond motifs is 2. The predicted molar refractivity (Wildman–Crippen MR) is 109 cm³/mol. The lowest BCUT2D eigenvalue weighted by molar-refractivity contribution is 0.0924. The Bertz CT molecular complexity index is 1130. The molecule has 3 aromatic carbocycles. The molecule has 1 amide bonds. The number of aliphatic hydroxyl groups excluding tert-OH is 1. The molecule has 134 valence electrons. The van der Waals surface area contributed by atoms with E-state index >= 15 is 0 Å². The third-order valence-corrected chi connectivity index (χ3v) is 4.68. The molecule has 0 radical (unpaired) electrons. The van der Waals surface area contributed by atoms with Crippen LogP contribution in [0.5, 0.6) is 0 Å². The highest BCUT2D eigenvalue weighted by atomic mass is 16.3. The Kier molecular flexibility index (Phi) is 4.57. The number of pyridine rings is 1. The van der Waals surface area contributed by atoms with Crippen LogP contribution >= 0.6 is 0 Å². The largest absolute Gasteiger partial charge is 0.394 e. The molecule has 1 heterocycles. The lowest BCUT2D eigenvalue weighted by Crippen LogP contribution is -2.35. The fourth-order valence-corrected chi connectivity index (χ4v) is 3.30. The number of aromatic nitrogens is 1. The number of aliphatic hydroxyl groups is 1. The van der Waals surface area contributed by atoms with Crippen molar-refractivity contribution in [3.05, 3.63) is 78.4 Å². The molecule has 1 atom stereocenters. The molecule has 0 saturated carbocycles. The second-order valence-corrected chi connectivity index (χ2v) is 6.66. The van der Waals surface area contributed by atoms with E-state index < -0.39 is 0 Å². The van der Waals surface area contributed by atoms with Crippen molar-refractivity contribution in [3.8, 4) is 11.3 Å². The number of hydrogen-bond acceptors (Lipinski definition) is 3. The van der Waals surface area contributed by atoms with Crippen LogP contribution < -0.4 is 5.32 Å². The first-order valence-electron chi connectivity index (χ1n) is 8.97. The van der Waals surface area contributed by atoms with E-state index in [1.807, 2.05) is 54.6 Å². The smallest absolute Gasteiger partial charge is 0.252 e. The standard InChI is InChI=1S/C23H20N2O2/c1-15(14-26)24-23(27)20-13-22(25-21-12-5-4-10-19(20)21)18-11-6-8-16-7-2-3-9-17(16)18/h2-13,15,26H,14H2,1H3,(H,24,27). The molecule has 4 heteroatoms. The number of benzene rings is 3. The molecule has 4 nitrogen and oxygen atoms in total. The van der Waals surface area contributed by atoms with Crippen LogP contribution in [0.4, 0.5) is 0 Å². The molecule has 0 spiro atoms. The van der Waals surface area contributed by atoms with Crippen molar-refractivity contribution >= 4 is 27.6 Å². The van der Waals surface area contributed by atoms with E-state index in [0.717, 1.165) is 32.9 Å². The lowest BCUT2D eigenvalue weighted by atomic mass is 9.99. The minimum absolute atomic E-state index is 0.106. The first-order chi connectivity index (χ1) is 13.2. The fourth-order valence-electron chi connectivity index (χ4n) is 3.30. The van der Waals surface area contributed by atoms with Crippen molar-refractivity contribution in [1.29, 1.82) is 0 Å². The zero-order valence-electron chi connectivity index (χ0n) is 15.0. The molecular weight excluding hydrogens is 336 g/mol. The summed E-state index contributed by atoms with van der Waals surface area (Å²) >= 11 is 0. The molecule has 0 fully saturated rings. The summed E-state index contributed by atoms with van der Waals surface area (Å²) < 4.78 is 0. The Balaban J connectivity index is 1.93. The Labute approximate surface area is 157 Å². The highest BCUT2D eigenvalue weighted by Crippen LogP contribution is 2.30. The quantitative estimate of drug-likeness (QED) is 0.577. The van der Waals surface area contributed by atoms with Gasteiger partial charge in [-0.1, -0.05) is 60.7 Å². The van der Waals surface area contributed by atoms with Crippen molar-refractivity contribution in [3.63, 3.8) is 0 Å². The van der Waals surface area contributed by atoms with Crippen LogP contribution in [-0.4, -0.2) is 28.6 Å². The van der Waals surface area contributed by atoms with Gasteiger partial charge < -0.3 is 10.4 Å². The second-order valence-electron chi connectivity index (χ2n) is 6.66. The summed E-state index contributed by atoms with van der Waals surface area (Å²) in [6.45, 7) is 1.66. The summed E-state index contributed by atoms with van der Waals surface area (Å²) in [4.78, 5) is 17.6. The van der Waals surface area contributed by atoms with Gasteiger partial charge in [-0.25, -0.2) is 4.98 Å². The number of rotatable bonds is 4. The highest BCUT2D eigenvalue weighted by molar-refractivity contribution is 6.08. The van der Waals surface area contributed by atoms with Crippen molar-refractivity contribution in [1.82, 2.24) is 10.3 Å². The van der Waals surface area contributed by atoms with E-state index in [1.165, 1.54) is 0 Å². The number of nitrogens with zero attached hydrogens (tertiary/aromatic N) is 1. The summed E-state index contributed by atoms with van der Waals surface area (Å²) in [5.41, 5.74) is 3.07. The van der Waals surface area contributed by atoms with Gasteiger partial charge in [0.2, 0.25) is 0 Å². The van der Waals surface area contributed by atoms with Crippen LogP contribution in [0.15, 0.2) is 72.8 Å². The average Bonchev–Trinajstić information content (AvgIpc) is 2.72. The maximum atomic E-state index is 12.8. The average molecular weight is 356 g/mol. The molecule has 2 N–H and O–H groups in total. The molecule has 0 aliphatic heterocycles. The van der Waals surface area contributed by atoms with E-state index in [0.29, 0.717) is 5.56 Å². The van der Waals surface area contributed by atoms with Crippen LogP contribution in [-0.2, 0) is 0 Å². The summed E-state index contributed by atoms with van der Waals surface area (Å²) in [5, 5.41) is 15.1. The van der Waals surface area contributed by atoms with Gasteiger partial charge in [0.1, 0.15) is 0 Å². The zero-order chi connectivity index (χ0) is 18.8. The predicted octanol–water partition coefficient (Wildman–Crippen LogP) is 4.17. The molecule has 27 heavy (non-hydrogen) atoms. The van der Waals surface area contributed by atoms with Gasteiger partial charge in [-0.05, 0) is 29.8 Å². The van der Waals surface area contributed by atoms with Gasteiger partial charge in [0.25, 0.3) is 5.91 Å². The monoisotopic (exact) mass is 356 g/mol. The second kappa shape index (κ2) is 7.17. The normalized spacial score (nSPS) is 12.2. The minimum Gasteiger partial charge on any atom is -0.394 e. The van der Waals surface area contributed by atoms with Gasteiger partial charge in [-0.2, -0.15) is 0 Å². The van der Waals surface area contributed by atoms with Crippen molar-refractivity contribution in [2.75, 3.05) is 6.61 Å². The van der Waals surface area contributed by atoms with E-state index in [-0.39, 0.29) is 18.6 Å². The number of amides is 1. The number of carbonyl (C=O) groups excluding carboxylic acids is 1. The first kappa shape index (κ1) is 17.2. The van der Waals surface area contributed by atoms with Gasteiger partial charge in [0, 0.05) is 17.0 Å². The van der Waals surface area contributed by atoms with Crippen LogP contribution in [0.1, 0.15) is 17.3 Å². The first-order valence-corrected chi connectivity index (χ1v) is 8.97. The van der Waals surface area contributed by atoms with Gasteiger partial charge in [-0.15, -0.1) is 0 Å².